The van der Waals surface area contributed by atoms with Gasteiger partial charge in [0.15, 0.2) is 0 Å². The Morgan fingerprint density at radius 2 is 2.08 bits per heavy atom. The second kappa shape index (κ2) is 8.76. The number of aryl methyl sites for hydroxylation is 1. The summed E-state index contributed by atoms with van der Waals surface area (Å²) in [6.07, 6.45) is 6.60. The maximum Gasteiger partial charge on any atom is 0.309 e. The van der Waals surface area contributed by atoms with Gasteiger partial charge >= 0.3 is 5.97 Å². The zero-order valence-electron chi connectivity index (χ0n) is 14.1. The molecular formula is C19H22N2O3S. The van der Waals surface area contributed by atoms with E-state index in [1.807, 2.05) is 40.7 Å². The largest absolute Gasteiger partial charge is 0.465 e. The van der Waals surface area contributed by atoms with E-state index in [-0.39, 0.29) is 17.8 Å². The molecule has 25 heavy (non-hydrogen) atoms. The third-order valence-electron chi connectivity index (χ3n) is 4.42. The van der Waals surface area contributed by atoms with E-state index in [2.05, 4.69) is 4.98 Å². The number of likely N-dealkylation sites (tertiary alicyclic amines) is 1. The minimum absolute atomic E-state index is 0.0679. The fourth-order valence-corrected chi connectivity index (χ4v) is 3.68. The van der Waals surface area contributed by atoms with Gasteiger partial charge in [0.1, 0.15) is 0 Å². The van der Waals surface area contributed by atoms with Crippen LogP contribution in [0.4, 0.5) is 0 Å². The molecule has 0 radical (unpaired) electrons. The van der Waals surface area contributed by atoms with Crippen LogP contribution in [0.2, 0.25) is 0 Å². The van der Waals surface area contributed by atoms with Gasteiger partial charge in [-0.2, -0.15) is 0 Å². The van der Waals surface area contributed by atoms with Crippen molar-refractivity contribution in [3.63, 3.8) is 0 Å². The quantitative estimate of drug-likeness (QED) is 0.588. The molecule has 1 aliphatic rings. The number of amides is 1. The summed E-state index contributed by atoms with van der Waals surface area (Å²) in [5, 5.41) is 1.91. The number of nitrogens with zero attached hydrogens (tertiary/aromatic N) is 2. The molecule has 3 heterocycles. The van der Waals surface area contributed by atoms with Crippen LogP contribution in [0.15, 0.2) is 42.0 Å². The van der Waals surface area contributed by atoms with E-state index in [1.165, 1.54) is 11.3 Å². The molecule has 1 fully saturated rings. The number of piperidine rings is 1. The van der Waals surface area contributed by atoms with Crippen LogP contribution in [-0.4, -0.2) is 41.5 Å². The lowest BCUT2D eigenvalue weighted by Gasteiger charge is -2.30. The van der Waals surface area contributed by atoms with Gasteiger partial charge in [0, 0.05) is 25.5 Å². The highest BCUT2D eigenvalue weighted by atomic mass is 32.1. The maximum atomic E-state index is 12.3. The Labute approximate surface area is 151 Å². The summed E-state index contributed by atoms with van der Waals surface area (Å²) >= 11 is 1.46. The number of esters is 1. The van der Waals surface area contributed by atoms with Gasteiger partial charge in [-0.05, 0) is 48.8 Å². The zero-order chi connectivity index (χ0) is 17.5. The number of rotatable bonds is 6. The van der Waals surface area contributed by atoms with Crippen molar-refractivity contribution < 1.29 is 14.3 Å². The molecule has 0 N–H and O–H groups in total. The van der Waals surface area contributed by atoms with Crippen LogP contribution >= 0.6 is 11.3 Å². The molecule has 6 heteroatoms. The van der Waals surface area contributed by atoms with Crippen LogP contribution in [0, 0.1) is 5.92 Å². The summed E-state index contributed by atoms with van der Waals surface area (Å²) in [5.74, 6) is -0.154. The first-order valence-electron chi connectivity index (χ1n) is 8.62. The Morgan fingerprint density at radius 1 is 1.24 bits per heavy atom. The van der Waals surface area contributed by atoms with Crippen LogP contribution in [0.3, 0.4) is 0 Å². The van der Waals surface area contributed by atoms with Crippen molar-refractivity contribution >= 4 is 23.2 Å². The van der Waals surface area contributed by atoms with E-state index in [0.717, 1.165) is 23.3 Å². The highest BCUT2D eigenvalue weighted by Gasteiger charge is 2.28. The van der Waals surface area contributed by atoms with Gasteiger partial charge in [-0.25, -0.2) is 0 Å². The number of hydrogen-bond acceptors (Lipinski definition) is 5. The third kappa shape index (κ3) is 4.89. The van der Waals surface area contributed by atoms with Crippen molar-refractivity contribution in [2.75, 3.05) is 19.7 Å². The second-order valence-electron chi connectivity index (χ2n) is 6.18. The van der Waals surface area contributed by atoms with Gasteiger partial charge in [0.05, 0.1) is 17.4 Å². The van der Waals surface area contributed by atoms with Gasteiger partial charge in [-0.3, -0.25) is 14.6 Å². The molecule has 0 spiro atoms. The number of carbonyl (C=O) groups is 2. The summed E-state index contributed by atoms with van der Waals surface area (Å²) < 4.78 is 5.41. The van der Waals surface area contributed by atoms with E-state index in [0.29, 0.717) is 32.5 Å². The lowest BCUT2D eigenvalue weighted by molar-refractivity contribution is -0.150. The topological polar surface area (TPSA) is 59.5 Å². The Morgan fingerprint density at radius 3 is 2.76 bits per heavy atom. The van der Waals surface area contributed by atoms with Crippen LogP contribution in [0.5, 0.6) is 0 Å². The average Bonchev–Trinajstić information content (AvgIpc) is 3.20. The minimum Gasteiger partial charge on any atom is -0.465 e. The lowest BCUT2D eigenvalue weighted by atomic mass is 9.97. The van der Waals surface area contributed by atoms with E-state index in [4.69, 9.17) is 4.74 Å². The third-order valence-corrected chi connectivity index (χ3v) is 5.28. The molecule has 1 amide bonds. The molecule has 0 bridgehead atoms. The summed E-state index contributed by atoms with van der Waals surface area (Å²) in [4.78, 5) is 31.1. The smallest absolute Gasteiger partial charge is 0.309 e. The maximum absolute atomic E-state index is 12.3. The minimum atomic E-state index is -0.130. The van der Waals surface area contributed by atoms with Crippen molar-refractivity contribution in [1.82, 2.24) is 9.88 Å². The second-order valence-corrected chi connectivity index (χ2v) is 7.12. The highest BCUT2D eigenvalue weighted by Crippen LogP contribution is 2.21. The summed E-state index contributed by atoms with van der Waals surface area (Å²) in [7, 11) is 0. The molecular weight excluding hydrogens is 336 g/mol. The Hall–Kier alpha value is -2.21. The fourth-order valence-electron chi connectivity index (χ4n) is 2.99. The Bertz CT molecular complexity index is 680. The predicted molar refractivity (Wildman–Crippen MR) is 96.5 cm³/mol. The van der Waals surface area contributed by atoms with Gasteiger partial charge in [0.2, 0.25) is 0 Å². The van der Waals surface area contributed by atoms with Gasteiger partial charge in [-0.15, -0.1) is 11.3 Å². The molecule has 1 saturated heterocycles. The van der Waals surface area contributed by atoms with Crippen LogP contribution in [-0.2, 0) is 16.0 Å². The number of hydrogen-bond donors (Lipinski definition) is 0. The fraction of sp³-hybridized carbons (Fsp3) is 0.421. The normalized spacial score (nSPS) is 15.1. The number of ether oxygens (including phenoxy) is 1. The van der Waals surface area contributed by atoms with E-state index in [9.17, 15) is 9.59 Å². The Balaban J connectivity index is 1.36. The molecule has 0 saturated carbocycles. The SMILES string of the molecule is O=C(OCCCc1cccnc1)C1CCN(C(=O)c2cccs2)CC1. The molecule has 2 aromatic rings. The highest BCUT2D eigenvalue weighted by molar-refractivity contribution is 7.12. The standard InChI is InChI=1S/C19H22N2O3S/c22-18(17-6-3-13-25-17)21-10-7-16(8-11-21)19(23)24-12-2-5-15-4-1-9-20-14-15/h1,3-4,6,9,13-14,16H,2,5,7-8,10-12H2. The van der Waals surface area contributed by atoms with Crippen molar-refractivity contribution in [2.45, 2.75) is 25.7 Å². The number of aromatic nitrogens is 1. The average molecular weight is 358 g/mol. The number of pyridine rings is 1. The first-order chi connectivity index (χ1) is 12.2. The van der Waals surface area contributed by atoms with Crippen molar-refractivity contribution in [1.29, 1.82) is 0 Å². The molecule has 2 aromatic heterocycles. The lowest BCUT2D eigenvalue weighted by Crippen LogP contribution is -2.40. The molecule has 0 aromatic carbocycles. The van der Waals surface area contributed by atoms with E-state index >= 15 is 0 Å². The van der Waals surface area contributed by atoms with Gasteiger partial charge < -0.3 is 9.64 Å². The van der Waals surface area contributed by atoms with Crippen molar-refractivity contribution in [3.05, 3.63) is 52.5 Å². The first-order valence-corrected chi connectivity index (χ1v) is 9.50. The van der Waals surface area contributed by atoms with Crippen LogP contribution in [0.25, 0.3) is 0 Å². The molecule has 1 aliphatic heterocycles. The summed E-state index contributed by atoms with van der Waals surface area (Å²) in [6.45, 7) is 1.67. The summed E-state index contributed by atoms with van der Waals surface area (Å²) in [5.41, 5.74) is 1.15. The van der Waals surface area contributed by atoms with Crippen molar-refractivity contribution in [3.8, 4) is 0 Å². The summed E-state index contributed by atoms with van der Waals surface area (Å²) in [6, 6.07) is 7.66. The molecule has 0 aliphatic carbocycles. The molecule has 0 unspecified atom stereocenters. The van der Waals surface area contributed by atoms with Gasteiger partial charge in [0.25, 0.3) is 5.91 Å². The number of carbonyl (C=O) groups excluding carboxylic acids is 2. The van der Waals surface area contributed by atoms with Gasteiger partial charge in [-0.1, -0.05) is 12.1 Å². The molecule has 3 rings (SSSR count). The number of thiophene rings is 1. The van der Waals surface area contributed by atoms with Crippen LogP contribution < -0.4 is 0 Å². The van der Waals surface area contributed by atoms with Crippen LogP contribution in [0.1, 0.15) is 34.5 Å². The molecule has 132 valence electrons. The predicted octanol–water partition coefficient (Wildman–Crippen LogP) is 3.17. The monoisotopic (exact) mass is 358 g/mol. The molecule has 5 nitrogen and oxygen atoms in total. The molecule has 0 atom stereocenters. The van der Waals surface area contributed by atoms with E-state index < -0.39 is 0 Å². The van der Waals surface area contributed by atoms with Crippen molar-refractivity contribution in [2.24, 2.45) is 5.92 Å². The Kier molecular flexibility index (Phi) is 6.17. The first kappa shape index (κ1) is 17.6. The zero-order valence-corrected chi connectivity index (χ0v) is 14.9. The van der Waals surface area contributed by atoms with E-state index in [1.54, 1.807) is 6.20 Å².